The lowest BCUT2D eigenvalue weighted by atomic mass is 9.90. The van der Waals surface area contributed by atoms with Crippen LogP contribution < -0.4 is 14.8 Å². The second-order valence-electron chi connectivity index (χ2n) is 6.75. The minimum absolute atomic E-state index is 0.124. The average molecular weight is 394 g/mol. The summed E-state index contributed by atoms with van der Waals surface area (Å²) in [4.78, 5) is 17.2. The van der Waals surface area contributed by atoms with Gasteiger partial charge in [0.25, 0.3) is 5.91 Å². The van der Waals surface area contributed by atoms with Crippen LogP contribution in [0.4, 0.5) is 5.13 Å². The molecule has 0 radical (unpaired) electrons. The van der Waals surface area contributed by atoms with Crippen molar-refractivity contribution in [3.8, 4) is 22.8 Å². The molecule has 1 amide bonds. The first-order valence-corrected chi connectivity index (χ1v) is 10.2. The Hall–Kier alpha value is -2.86. The molecule has 0 unspecified atom stereocenters. The van der Waals surface area contributed by atoms with Crippen molar-refractivity contribution in [1.29, 1.82) is 0 Å². The molecule has 1 aromatic heterocycles. The summed E-state index contributed by atoms with van der Waals surface area (Å²) in [6.45, 7) is 0. The summed E-state index contributed by atoms with van der Waals surface area (Å²) < 4.78 is 10.6. The summed E-state index contributed by atoms with van der Waals surface area (Å²) in [6.07, 6.45) is 4.59. The van der Waals surface area contributed by atoms with Gasteiger partial charge in [0.2, 0.25) is 0 Å². The van der Waals surface area contributed by atoms with E-state index < -0.39 is 0 Å². The quantitative estimate of drug-likeness (QED) is 0.665. The molecule has 0 aliphatic heterocycles. The second-order valence-corrected chi connectivity index (χ2v) is 7.61. The number of nitrogens with zero attached hydrogens (tertiary/aromatic N) is 1. The summed E-state index contributed by atoms with van der Waals surface area (Å²) in [5.74, 6) is 1.19. The predicted octanol–water partition coefficient (Wildman–Crippen LogP) is 4.96. The van der Waals surface area contributed by atoms with Gasteiger partial charge in [-0.25, -0.2) is 4.98 Å². The van der Waals surface area contributed by atoms with Crippen LogP contribution in [0.15, 0.2) is 41.8 Å². The molecule has 4 rings (SSSR count). The monoisotopic (exact) mass is 394 g/mol. The Morgan fingerprint density at radius 2 is 1.79 bits per heavy atom. The zero-order valence-electron chi connectivity index (χ0n) is 16.0. The smallest absolute Gasteiger partial charge is 0.257 e. The first-order chi connectivity index (χ1) is 13.7. The lowest BCUT2D eigenvalue weighted by Gasteiger charge is -2.16. The molecular weight excluding hydrogens is 372 g/mol. The number of anilines is 1. The second kappa shape index (κ2) is 8.02. The van der Waals surface area contributed by atoms with E-state index in [0.717, 1.165) is 24.1 Å². The minimum Gasteiger partial charge on any atom is -0.493 e. The summed E-state index contributed by atoms with van der Waals surface area (Å²) >= 11 is 1.40. The van der Waals surface area contributed by atoms with E-state index in [1.54, 1.807) is 14.2 Å². The molecule has 1 aliphatic rings. The molecule has 0 fully saturated rings. The van der Waals surface area contributed by atoms with E-state index in [2.05, 4.69) is 16.4 Å². The molecule has 2 aromatic carbocycles. The number of amides is 1. The topological polar surface area (TPSA) is 60.5 Å². The molecule has 144 valence electrons. The van der Waals surface area contributed by atoms with E-state index in [0.29, 0.717) is 22.2 Å². The molecule has 3 aromatic rings. The fourth-order valence-electron chi connectivity index (χ4n) is 3.50. The SMILES string of the molecule is COc1ccc(-c2csc(NC(=O)c3ccc4c(c3)CCCC4)n2)cc1OC. The van der Waals surface area contributed by atoms with E-state index in [1.807, 2.05) is 35.7 Å². The van der Waals surface area contributed by atoms with Gasteiger partial charge in [-0.2, -0.15) is 0 Å². The van der Waals surface area contributed by atoms with Crippen LogP contribution in [0.25, 0.3) is 11.3 Å². The van der Waals surface area contributed by atoms with Gasteiger partial charge in [-0.15, -0.1) is 11.3 Å². The van der Waals surface area contributed by atoms with Crippen molar-refractivity contribution in [3.05, 3.63) is 58.5 Å². The van der Waals surface area contributed by atoms with Crippen LogP contribution in [-0.2, 0) is 12.8 Å². The van der Waals surface area contributed by atoms with Gasteiger partial charge in [-0.3, -0.25) is 10.1 Å². The predicted molar refractivity (Wildman–Crippen MR) is 112 cm³/mol. The third-order valence-electron chi connectivity index (χ3n) is 5.01. The molecule has 0 spiro atoms. The Labute approximate surface area is 168 Å². The minimum atomic E-state index is -0.124. The fourth-order valence-corrected chi connectivity index (χ4v) is 4.22. The Morgan fingerprint density at radius 3 is 2.57 bits per heavy atom. The van der Waals surface area contributed by atoms with Gasteiger partial charge in [0.05, 0.1) is 19.9 Å². The van der Waals surface area contributed by atoms with Gasteiger partial charge in [0.1, 0.15) is 0 Å². The largest absolute Gasteiger partial charge is 0.493 e. The summed E-state index contributed by atoms with van der Waals surface area (Å²) in [5, 5.41) is 5.42. The summed E-state index contributed by atoms with van der Waals surface area (Å²) in [7, 11) is 3.21. The maximum atomic E-state index is 12.6. The third kappa shape index (κ3) is 3.73. The first kappa shape index (κ1) is 18.5. The van der Waals surface area contributed by atoms with Crippen molar-refractivity contribution in [1.82, 2.24) is 4.98 Å². The van der Waals surface area contributed by atoms with Gasteiger partial charge < -0.3 is 9.47 Å². The normalized spacial score (nSPS) is 12.9. The van der Waals surface area contributed by atoms with Crippen molar-refractivity contribution in [2.45, 2.75) is 25.7 Å². The van der Waals surface area contributed by atoms with E-state index in [4.69, 9.17) is 9.47 Å². The molecule has 6 heteroatoms. The molecule has 0 atom stereocenters. The molecule has 1 heterocycles. The highest BCUT2D eigenvalue weighted by Gasteiger charge is 2.15. The number of hydrogen-bond donors (Lipinski definition) is 1. The fraction of sp³-hybridized carbons (Fsp3) is 0.273. The van der Waals surface area contributed by atoms with Crippen molar-refractivity contribution in [2.24, 2.45) is 0 Å². The molecule has 0 saturated heterocycles. The maximum Gasteiger partial charge on any atom is 0.257 e. The Kier molecular flexibility index (Phi) is 5.30. The van der Waals surface area contributed by atoms with Crippen LogP contribution in [-0.4, -0.2) is 25.1 Å². The molecular formula is C22H22N2O3S. The van der Waals surface area contributed by atoms with Crippen molar-refractivity contribution in [2.75, 3.05) is 19.5 Å². The highest BCUT2D eigenvalue weighted by atomic mass is 32.1. The average Bonchev–Trinajstić information content (AvgIpc) is 3.21. The number of fused-ring (bicyclic) bond motifs is 1. The highest BCUT2D eigenvalue weighted by molar-refractivity contribution is 7.14. The van der Waals surface area contributed by atoms with Gasteiger partial charge in [-0.1, -0.05) is 6.07 Å². The van der Waals surface area contributed by atoms with Gasteiger partial charge >= 0.3 is 0 Å². The van der Waals surface area contributed by atoms with Crippen LogP contribution >= 0.6 is 11.3 Å². The number of carbonyl (C=O) groups excluding carboxylic acids is 1. The van der Waals surface area contributed by atoms with Crippen LogP contribution in [0.2, 0.25) is 0 Å². The number of ether oxygens (including phenoxy) is 2. The summed E-state index contributed by atoms with van der Waals surface area (Å²) in [5.41, 5.74) is 5.04. The van der Waals surface area contributed by atoms with Crippen molar-refractivity contribution >= 4 is 22.4 Å². The number of thiazole rings is 1. The summed E-state index contributed by atoms with van der Waals surface area (Å²) in [6, 6.07) is 11.7. The number of carbonyl (C=O) groups is 1. The van der Waals surface area contributed by atoms with Gasteiger partial charge in [0, 0.05) is 16.5 Å². The van der Waals surface area contributed by atoms with Crippen LogP contribution in [0, 0.1) is 0 Å². The number of methoxy groups -OCH3 is 2. The van der Waals surface area contributed by atoms with Gasteiger partial charge in [0.15, 0.2) is 16.6 Å². The molecule has 28 heavy (non-hydrogen) atoms. The van der Waals surface area contributed by atoms with E-state index in [9.17, 15) is 4.79 Å². The van der Waals surface area contributed by atoms with Gasteiger partial charge in [-0.05, 0) is 67.1 Å². The zero-order chi connectivity index (χ0) is 19.5. The Bertz CT molecular complexity index is 1010. The maximum absolute atomic E-state index is 12.6. The number of aromatic nitrogens is 1. The van der Waals surface area contributed by atoms with E-state index >= 15 is 0 Å². The Balaban J connectivity index is 1.51. The molecule has 5 nitrogen and oxygen atoms in total. The molecule has 1 aliphatic carbocycles. The number of nitrogens with one attached hydrogen (secondary N) is 1. The number of benzene rings is 2. The highest BCUT2D eigenvalue weighted by Crippen LogP contribution is 2.33. The van der Waals surface area contributed by atoms with Crippen molar-refractivity contribution < 1.29 is 14.3 Å². The number of hydrogen-bond acceptors (Lipinski definition) is 5. The van der Waals surface area contributed by atoms with E-state index in [1.165, 1.54) is 35.3 Å². The molecule has 0 saturated carbocycles. The van der Waals surface area contributed by atoms with Crippen LogP contribution in [0.5, 0.6) is 11.5 Å². The van der Waals surface area contributed by atoms with Crippen LogP contribution in [0.1, 0.15) is 34.3 Å². The number of rotatable bonds is 5. The van der Waals surface area contributed by atoms with E-state index in [-0.39, 0.29) is 5.91 Å². The van der Waals surface area contributed by atoms with Crippen molar-refractivity contribution in [3.63, 3.8) is 0 Å². The lowest BCUT2D eigenvalue weighted by Crippen LogP contribution is -2.13. The third-order valence-corrected chi connectivity index (χ3v) is 5.77. The standard InChI is InChI=1S/C22H22N2O3S/c1-26-19-10-9-16(12-20(19)27-2)18-13-28-22(23-18)24-21(25)17-8-7-14-5-3-4-6-15(14)11-17/h7-13H,3-6H2,1-2H3,(H,23,24,25). The first-order valence-electron chi connectivity index (χ1n) is 9.29. The zero-order valence-corrected chi connectivity index (χ0v) is 16.8. The molecule has 0 bridgehead atoms. The van der Waals surface area contributed by atoms with Crippen LogP contribution in [0.3, 0.4) is 0 Å². The molecule has 1 N–H and O–H groups in total. The Morgan fingerprint density at radius 1 is 1.00 bits per heavy atom. The lowest BCUT2D eigenvalue weighted by molar-refractivity contribution is 0.102. The number of aryl methyl sites for hydroxylation is 2.